The molecule has 0 radical (unpaired) electrons. The lowest BCUT2D eigenvalue weighted by Gasteiger charge is -2.17. The van der Waals surface area contributed by atoms with Gasteiger partial charge in [0, 0.05) is 11.3 Å². The molecule has 3 N–H and O–H groups in total. The van der Waals surface area contributed by atoms with E-state index in [1.165, 1.54) is 22.6 Å². The molecular weight excluding hydrogens is 361 g/mol. The van der Waals surface area contributed by atoms with Crippen LogP contribution in [0.25, 0.3) is 10.2 Å². The van der Waals surface area contributed by atoms with E-state index in [2.05, 4.69) is 24.1 Å². The molecule has 4 nitrogen and oxygen atoms in total. The predicted molar refractivity (Wildman–Crippen MR) is 107 cm³/mol. The Morgan fingerprint density at radius 2 is 2.15 bits per heavy atom. The van der Waals surface area contributed by atoms with Crippen LogP contribution in [0.5, 0.6) is 0 Å². The molecule has 0 bridgehead atoms. The third-order valence-corrected chi connectivity index (χ3v) is 6.63. The number of hydrogen-bond acceptors (Lipinski definition) is 3. The van der Waals surface area contributed by atoms with Crippen LogP contribution in [0.3, 0.4) is 0 Å². The number of nitrogens with two attached hydrogens (primary N) is 1. The third-order valence-electron chi connectivity index (χ3n) is 5.48. The first kappa shape index (κ1) is 18.3. The molecule has 3 aromatic rings. The number of fused-ring (bicyclic) bond motifs is 3. The minimum Gasteiger partial charge on any atom is -0.337 e. The first-order valence-corrected chi connectivity index (χ1v) is 10.4. The molecular formula is C21H25FN3OS+. The van der Waals surface area contributed by atoms with Gasteiger partial charge in [-0.3, -0.25) is 4.79 Å². The molecule has 0 amide bonds. The van der Waals surface area contributed by atoms with E-state index in [0.29, 0.717) is 5.92 Å². The molecule has 27 heavy (non-hydrogen) atoms. The summed E-state index contributed by atoms with van der Waals surface area (Å²) < 4.78 is 13.0. The van der Waals surface area contributed by atoms with Crippen molar-refractivity contribution >= 4 is 21.6 Å². The number of benzene rings is 1. The van der Waals surface area contributed by atoms with E-state index in [0.717, 1.165) is 53.8 Å². The maximum Gasteiger partial charge on any atom is 0.260 e. The number of halogens is 1. The Morgan fingerprint density at radius 1 is 1.37 bits per heavy atom. The highest BCUT2D eigenvalue weighted by Gasteiger charge is 2.24. The highest BCUT2D eigenvalue weighted by molar-refractivity contribution is 7.18. The van der Waals surface area contributed by atoms with Crippen LogP contribution in [-0.4, -0.2) is 16.5 Å². The number of nitrogens with one attached hydrogen (secondary N) is 1. The molecule has 1 aliphatic rings. The summed E-state index contributed by atoms with van der Waals surface area (Å²) in [7, 11) is 0. The maximum absolute atomic E-state index is 13.0. The summed E-state index contributed by atoms with van der Waals surface area (Å²) in [4.78, 5) is 22.7. The van der Waals surface area contributed by atoms with Gasteiger partial charge in [-0.25, -0.2) is 9.37 Å². The van der Waals surface area contributed by atoms with Crippen LogP contribution in [0.15, 0.2) is 29.1 Å². The van der Waals surface area contributed by atoms with Crippen LogP contribution in [0, 0.1) is 11.7 Å². The molecule has 4 rings (SSSR count). The van der Waals surface area contributed by atoms with Gasteiger partial charge >= 0.3 is 0 Å². The van der Waals surface area contributed by atoms with Crippen molar-refractivity contribution < 1.29 is 9.71 Å². The Hall–Kier alpha value is -2.05. The molecule has 1 aliphatic carbocycles. The molecule has 0 unspecified atom stereocenters. The molecule has 2 atom stereocenters. The van der Waals surface area contributed by atoms with E-state index < -0.39 is 0 Å². The van der Waals surface area contributed by atoms with Crippen molar-refractivity contribution in [1.82, 2.24) is 9.97 Å². The van der Waals surface area contributed by atoms with Crippen molar-refractivity contribution in [3.05, 3.63) is 62.3 Å². The van der Waals surface area contributed by atoms with Crippen molar-refractivity contribution in [2.24, 2.45) is 5.92 Å². The van der Waals surface area contributed by atoms with E-state index in [-0.39, 0.29) is 17.4 Å². The minimum atomic E-state index is -0.209. The molecule has 0 saturated carbocycles. The zero-order valence-corrected chi connectivity index (χ0v) is 16.5. The Labute approximate surface area is 161 Å². The first-order valence-electron chi connectivity index (χ1n) is 9.63. The van der Waals surface area contributed by atoms with E-state index in [9.17, 15) is 9.18 Å². The highest BCUT2D eigenvalue weighted by Crippen LogP contribution is 2.35. The monoisotopic (exact) mass is 386 g/mol. The maximum atomic E-state index is 13.0. The van der Waals surface area contributed by atoms with Crippen LogP contribution >= 0.6 is 11.3 Å². The van der Waals surface area contributed by atoms with Crippen molar-refractivity contribution in [1.29, 1.82) is 0 Å². The Bertz CT molecular complexity index is 1010. The fraction of sp³-hybridized carbons (Fsp3) is 0.429. The topological polar surface area (TPSA) is 62.4 Å². The number of nitrogens with zero attached hydrogens (tertiary/aromatic N) is 1. The lowest BCUT2D eigenvalue weighted by molar-refractivity contribution is -0.693. The molecule has 2 aromatic heterocycles. The summed E-state index contributed by atoms with van der Waals surface area (Å²) in [6.07, 6.45) is 4.04. The summed E-state index contributed by atoms with van der Waals surface area (Å²) in [6, 6.07) is 6.69. The number of thiophene rings is 1. The van der Waals surface area contributed by atoms with Gasteiger partial charge in [-0.1, -0.05) is 19.1 Å². The van der Waals surface area contributed by atoms with Crippen LogP contribution in [0.4, 0.5) is 4.39 Å². The van der Waals surface area contributed by atoms with Gasteiger partial charge in [-0.15, -0.1) is 11.3 Å². The van der Waals surface area contributed by atoms with Gasteiger partial charge in [0.15, 0.2) is 5.82 Å². The van der Waals surface area contributed by atoms with Gasteiger partial charge in [0.1, 0.15) is 16.7 Å². The van der Waals surface area contributed by atoms with Gasteiger partial charge < -0.3 is 10.3 Å². The van der Waals surface area contributed by atoms with Crippen molar-refractivity contribution in [2.75, 3.05) is 6.54 Å². The predicted octanol–water partition coefficient (Wildman–Crippen LogP) is 3.12. The second-order valence-electron chi connectivity index (χ2n) is 7.67. The summed E-state index contributed by atoms with van der Waals surface area (Å²) in [5.74, 6) is 1.21. The fourth-order valence-electron chi connectivity index (χ4n) is 3.84. The van der Waals surface area contributed by atoms with Crippen LogP contribution in [0.2, 0.25) is 0 Å². The first-order chi connectivity index (χ1) is 13.0. The van der Waals surface area contributed by atoms with Crippen molar-refractivity contribution in [3.63, 3.8) is 0 Å². The number of hydrogen-bond donors (Lipinski definition) is 2. The third kappa shape index (κ3) is 3.82. The Kier molecular flexibility index (Phi) is 5.10. The summed E-state index contributed by atoms with van der Waals surface area (Å²) in [5.41, 5.74) is 2.33. The lowest BCUT2D eigenvalue weighted by atomic mass is 9.89. The van der Waals surface area contributed by atoms with Gasteiger partial charge in [0.2, 0.25) is 0 Å². The number of rotatable bonds is 5. The summed E-state index contributed by atoms with van der Waals surface area (Å²) >= 11 is 1.69. The summed E-state index contributed by atoms with van der Waals surface area (Å²) in [5, 5.41) is 2.98. The second kappa shape index (κ2) is 7.52. The minimum absolute atomic E-state index is 0.000776. The van der Waals surface area contributed by atoms with Gasteiger partial charge in [0.05, 0.1) is 11.9 Å². The average Bonchev–Trinajstić information content (AvgIpc) is 3.01. The van der Waals surface area contributed by atoms with E-state index >= 15 is 0 Å². The summed E-state index contributed by atoms with van der Waals surface area (Å²) in [6.45, 7) is 5.19. The standard InChI is InChI=1S/C21H24FN3OS/c1-12-3-8-16-17(11-12)27-21-18(16)20(26)24-19(25-21)13(2)23-10-9-14-4-6-15(22)7-5-14/h4-7,12-13,23H,3,8-11H2,1-2H3,(H,24,25,26)/p+1/t12-,13+/m1/s1. The van der Waals surface area contributed by atoms with Crippen LogP contribution < -0.4 is 10.9 Å². The number of H-pyrrole nitrogens is 1. The van der Waals surface area contributed by atoms with Gasteiger partial charge in [-0.2, -0.15) is 0 Å². The molecule has 0 aliphatic heterocycles. The largest absolute Gasteiger partial charge is 0.337 e. The fourth-order valence-corrected chi connectivity index (χ4v) is 5.23. The number of aromatic nitrogens is 2. The number of aromatic amines is 1. The van der Waals surface area contributed by atoms with Gasteiger partial charge in [-0.05, 0) is 55.4 Å². The van der Waals surface area contributed by atoms with Crippen LogP contribution in [-0.2, 0) is 19.3 Å². The Balaban J connectivity index is 1.49. The number of aryl methyl sites for hydroxylation is 1. The lowest BCUT2D eigenvalue weighted by Crippen LogP contribution is -2.85. The van der Waals surface area contributed by atoms with Crippen molar-refractivity contribution in [2.45, 2.75) is 45.6 Å². The van der Waals surface area contributed by atoms with Crippen molar-refractivity contribution in [3.8, 4) is 0 Å². The second-order valence-corrected chi connectivity index (χ2v) is 8.76. The molecule has 0 saturated heterocycles. The SMILES string of the molecule is C[C@@H]1CCc2c(sc3nc([C@H](C)[NH2+]CCc4ccc(F)cc4)[nH]c(=O)c23)C1. The zero-order valence-electron chi connectivity index (χ0n) is 15.7. The molecule has 6 heteroatoms. The normalized spacial score (nSPS) is 17.8. The van der Waals surface area contributed by atoms with E-state index in [4.69, 9.17) is 4.98 Å². The van der Waals surface area contributed by atoms with Crippen LogP contribution in [0.1, 0.15) is 48.1 Å². The van der Waals surface area contributed by atoms with Gasteiger partial charge in [0.25, 0.3) is 5.56 Å². The molecule has 2 heterocycles. The zero-order chi connectivity index (χ0) is 19.0. The smallest absolute Gasteiger partial charge is 0.260 e. The molecule has 142 valence electrons. The molecule has 1 aromatic carbocycles. The van der Waals surface area contributed by atoms with E-state index in [1.807, 2.05) is 12.1 Å². The van der Waals surface area contributed by atoms with E-state index in [1.54, 1.807) is 11.3 Å². The quantitative estimate of drug-likeness (QED) is 0.708. The molecule has 0 fully saturated rings. The average molecular weight is 387 g/mol. The molecule has 0 spiro atoms. The number of quaternary nitrogens is 1. The Morgan fingerprint density at radius 3 is 2.93 bits per heavy atom. The highest BCUT2D eigenvalue weighted by atomic mass is 32.1.